The Balaban J connectivity index is 2.00. The molecule has 0 radical (unpaired) electrons. The molecule has 1 aromatic carbocycles. The average Bonchev–Trinajstić information content (AvgIpc) is 2.52. The van der Waals surface area contributed by atoms with Gasteiger partial charge in [-0.25, -0.2) is 0 Å². The molecule has 1 heterocycles. The van der Waals surface area contributed by atoms with Crippen molar-refractivity contribution >= 4 is 17.9 Å². The van der Waals surface area contributed by atoms with E-state index in [1.807, 2.05) is 17.0 Å². The van der Waals surface area contributed by atoms with Crippen LogP contribution in [0, 0.1) is 0 Å². The Morgan fingerprint density at radius 3 is 2.57 bits per heavy atom. The molecular weight excluding hydrogens is 264 g/mol. The highest BCUT2D eigenvalue weighted by atomic mass is 16.2. The van der Waals surface area contributed by atoms with E-state index in [2.05, 4.69) is 12.2 Å². The van der Waals surface area contributed by atoms with E-state index in [1.165, 1.54) is 6.42 Å². The minimum atomic E-state index is -0.108. The molecule has 1 unspecified atom stereocenters. The highest BCUT2D eigenvalue weighted by Gasteiger charge is 2.21. The number of benzene rings is 1. The largest absolute Gasteiger partial charge is 0.355 e. The molecule has 0 saturated carbocycles. The third kappa shape index (κ3) is 3.94. The van der Waals surface area contributed by atoms with Crippen LogP contribution in [-0.4, -0.2) is 36.3 Å². The van der Waals surface area contributed by atoms with Crippen LogP contribution in [-0.2, 0) is 4.79 Å². The average molecular weight is 286 g/mol. The molecule has 0 bridgehead atoms. The number of carbonyl (C=O) groups excluding carboxylic acids is 2. The molecule has 1 N–H and O–H groups in total. The number of amides is 2. The van der Waals surface area contributed by atoms with Gasteiger partial charge in [0.05, 0.1) is 0 Å². The second-order valence-corrected chi connectivity index (χ2v) is 5.41. The van der Waals surface area contributed by atoms with Crippen molar-refractivity contribution < 1.29 is 9.59 Å². The topological polar surface area (TPSA) is 49.4 Å². The molecule has 4 heteroatoms. The molecule has 1 aromatic rings. The lowest BCUT2D eigenvalue weighted by Crippen LogP contribution is -2.41. The zero-order valence-electron chi connectivity index (χ0n) is 12.6. The maximum Gasteiger partial charge on any atom is 0.251 e. The number of nitrogens with one attached hydrogen (secondary N) is 1. The quantitative estimate of drug-likeness (QED) is 0.868. The van der Waals surface area contributed by atoms with Crippen molar-refractivity contribution in [3.05, 3.63) is 41.5 Å². The molecule has 112 valence electrons. The van der Waals surface area contributed by atoms with E-state index in [0.29, 0.717) is 11.6 Å². The summed E-state index contributed by atoms with van der Waals surface area (Å²) in [5.74, 6) is -0.0404. The lowest BCUT2D eigenvalue weighted by atomic mass is 10.0. The van der Waals surface area contributed by atoms with Gasteiger partial charge in [0, 0.05) is 31.3 Å². The molecule has 0 aromatic heterocycles. The van der Waals surface area contributed by atoms with E-state index >= 15 is 0 Å². The predicted molar refractivity (Wildman–Crippen MR) is 83.9 cm³/mol. The number of rotatable bonds is 3. The van der Waals surface area contributed by atoms with Crippen LogP contribution in [0.25, 0.3) is 6.08 Å². The van der Waals surface area contributed by atoms with Gasteiger partial charge >= 0.3 is 0 Å². The van der Waals surface area contributed by atoms with Crippen LogP contribution in [0.5, 0.6) is 0 Å². The molecule has 1 fully saturated rings. The van der Waals surface area contributed by atoms with Gasteiger partial charge < -0.3 is 10.2 Å². The van der Waals surface area contributed by atoms with Gasteiger partial charge in [-0.2, -0.15) is 0 Å². The Kier molecular flexibility index (Phi) is 5.14. The van der Waals surface area contributed by atoms with Gasteiger partial charge in [0.2, 0.25) is 5.91 Å². The molecule has 1 aliphatic heterocycles. The number of hydrogen-bond acceptors (Lipinski definition) is 2. The normalized spacial score (nSPS) is 18.8. The summed E-state index contributed by atoms with van der Waals surface area (Å²) in [6.07, 6.45) is 6.80. The van der Waals surface area contributed by atoms with Crippen molar-refractivity contribution in [1.29, 1.82) is 0 Å². The van der Waals surface area contributed by atoms with E-state index < -0.39 is 0 Å². The smallest absolute Gasteiger partial charge is 0.251 e. The second-order valence-electron chi connectivity index (χ2n) is 5.41. The number of carbonyl (C=O) groups is 2. The monoisotopic (exact) mass is 286 g/mol. The Labute approximate surface area is 125 Å². The first-order valence-electron chi connectivity index (χ1n) is 7.42. The second kappa shape index (κ2) is 7.07. The third-order valence-electron chi connectivity index (χ3n) is 3.90. The summed E-state index contributed by atoms with van der Waals surface area (Å²) >= 11 is 0. The van der Waals surface area contributed by atoms with Gasteiger partial charge in [-0.3, -0.25) is 9.59 Å². The van der Waals surface area contributed by atoms with Crippen LogP contribution >= 0.6 is 0 Å². The van der Waals surface area contributed by atoms with Crippen LogP contribution in [0.2, 0.25) is 0 Å². The Bertz CT molecular complexity index is 534. The molecule has 4 nitrogen and oxygen atoms in total. The number of nitrogens with zero attached hydrogens (tertiary/aromatic N) is 1. The highest BCUT2D eigenvalue weighted by molar-refractivity contribution is 5.94. The Hall–Kier alpha value is -2.10. The van der Waals surface area contributed by atoms with Crippen LogP contribution in [0.15, 0.2) is 30.3 Å². The van der Waals surface area contributed by atoms with Crippen molar-refractivity contribution in [3.8, 4) is 0 Å². The fraction of sp³-hybridized carbons (Fsp3) is 0.412. The summed E-state index contributed by atoms with van der Waals surface area (Å²) in [5, 5.41) is 2.58. The molecule has 1 aliphatic rings. The standard InChI is InChI=1S/C17H22N2O2/c1-13-5-3-4-12-19(13)16(20)11-8-14-6-9-15(10-7-14)17(21)18-2/h6-11,13H,3-5,12H2,1-2H3,(H,18,21)/b11-8+. The van der Waals surface area contributed by atoms with Crippen LogP contribution in [0.3, 0.4) is 0 Å². The maximum absolute atomic E-state index is 12.2. The maximum atomic E-state index is 12.2. The molecule has 2 amide bonds. The fourth-order valence-electron chi connectivity index (χ4n) is 2.58. The molecule has 2 rings (SSSR count). The predicted octanol–water partition coefficient (Wildman–Crippen LogP) is 2.46. The minimum absolute atomic E-state index is 0.0672. The van der Waals surface area contributed by atoms with Crippen molar-refractivity contribution in [3.63, 3.8) is 0 Å². The van der Waals surface area contributed by atoms with Gasteiger partial charge in [-0.1, -0.05) is 12.1 Å². The zero-order chi connectivity index (χ0) is 15.2. The van der Waals surface area contributed by atoms with E-state index in [1.54, 1.807) is 31.3 Å². The summed E-state index contributed by atoms with van der Waals surface area (Å²) < 4.78 is 0. The van der Waals surface area contributed by atoms with Crippen molar-refractivity contribution in [2.45, 2.75) is 32.2 Å². The molecule has 21 heavy (non-hydrogen) atoms. The van der Waals surface area contributed by atoms with Crippen LogP contribution in [0.4, 0.5) is 0 Å². The lowest BCUT2D eigenvalue weighted by molar-refractivity contribution is -0.129. The SMILES string of the molecule is CNC(=O)c1ccc(/C=C/C(=O)N2CCCCC2C)cc1. The van der Waals surface area contributed by atoms with Crippen molar-refractivity contribution in [1.82, 2.24) is 10.2 Å². The third-order valence-corrected chi connectivity index (χ3v) is 3.90. The van der Waals surface area contributed by atoms with Gasteiger partial charge in [0.25, 0.3) is 5.91 Å². The van der Waals surface area contributed by atoms with Gasteiger partial charge in [-0.05, 0) is 50.0 Å². The van der Waals surface area contributed by atoms with Crippen molar-refractivity contribution in [2.75, 3.05) is 13.6 Å². The van der Waals surface area contributed by atoms with Gasteiger partial charge in [-0.15, -0.1) is 0 Å². The Morgan fingerprint density at radius 1 is 1.24 bits per heavy atom. The summed E-state index contributed by atoms with van der Waals surface area (Å²) in [6, 6.07) is 7.52. The number of piperidine rings is 1. The first kappa shape index (κ1) is 15.3. The summed E-state index contributed by atoms with van der Waals surface area (Å²) in [4.78, 5) is 25.6. The van der Waals surface area contributed by atoms with Crippen molar-refractivity contribution in [2.24, 2.45) is 0 Å². The van der Waals surface area contributed by atoms with E-state index in [-0.39, 0.29) is 11.8 Å². The molecular formula is C17H22N2O2. The number of likely N-dealkylation sites (tertiary alicyclic amines) is 1. The highest BCUT2D eigenvalue weighted by Crippen LogP contribution is 2.17. The van der Waals surface area contributed by atoms with Gasteiger partial charge in [0.15, 0.2) is 0 Å². The zero-order valence-corrected chi connectivity index (χ0v) is 12.6. The van der Waals surface area contributed by atoms with Crippen LogP contribution < -0.4 is 5.32 Å². The summed E-state index contributed by atoms with van der Waals surface area (Å²) in [7, 11) is 1.61. The molecule has 0 aliphatic carbocycles. The first-order chi connectivity index (χ1) is 10.1. The molecule has 1 saturated heterocycles. The Morgan fingerprint density at radius 2 is 1.95 bits per heavy atom. The van der Waals surface area contributed by atoms with E-state index in [4.69, 9.17) is 0 Å². The minimum Gasteiger partial charge on any atom is -0.355 e. The lowest BCUT2D eigenvalue weighted by Gasteiger charge is -2.32. The first-order valence-corrected chi connectivity index (χ1v) is 7.42. The summed E-state index contributed by atoms with van der Waals surface area (Å²) in [5.41, 5.74) is 1.53. The molecule has 1 atom stereocenters. The molecule has 0 spiro atoms. The van der Waals surface area contributed by atoms with E-state index in [9.17, 15) is 9.59 Å². The van der Waals surface area contributed by atoms with E-state index in [0.717, 1.165) is 24.9 Å². The van der Waals surface area contributed by atoms with Gasteiger partial charge in [0.1, 0.15) is 0 Å². The van der Waals surface area contributed by atoms with Crippen LogP contribution in [0.1, 0.15) is 42.1 Å². The fourth-order valence-corrected chi connectivity index (χ4v) is 2.58. The number of hydrogen-bond donors (Lipinski definition) is 1. The summed E-state index contributed by atoms with van der Waals surface area (Å²) in [6.45, 7) is 2.95.